The number of likely N-dealkylation sites (tertiary alicyclic amines) is 2. The van der Waals surface area contributed by atoms with Gasteiger partial charge in [-0.1, -0.05) is 23.8 Å². The van der Waals surface area contributed by atoms with Crippen LogP contribution < -0.4 is 0 Å². The lowest BCUT2D eigenvalue weighted by molar-refractivity contribution is -0.140. The minimum absolute atomic E-state index is 0.0125. The molecule has 7 nitrogen and oxygen atoms in total. The van der Waals surface area contributed by atoms with Gasteiger partial charge < -0.3 is 5.11 Å². The summed E-state index contributed by atoms with van der Waals surface area (Å²) >= 11 is 14.0. The summed E-state index contributed by atoms with van der Waals surface area (Å²) in [6, 6.07) is 6.23. The highest BCUT2D eigenvalue weighted by molar-refractivity contribution is 6.53. The Balaban J connectivity index is 1.74. The predicted molar refractivity (Wildman–Crippen MR) is 111 cm³/mol. The second-order valence-corrected chi connectivity index (χ2v) is 10.1. The number of halogens is 2. The Kier molecular flexibility index (Phi) is 4.19. The van der Waals surface area contributed by atoms with Crippen LogP contribution in [0.2, 0.25) is 0 Å². The first-order valence-corrected chi connectivity index (χ1v) is 10.8. The number of nitrogens with zero attached hydrogens (tertiary/aromatic N) is 2. The molecule has 0 aromatic heterocycles. The van der Waals surface area contributed by atoms with Crippen LogP contribution in [0.15, 0.2) is 35.9 Å². The summed E-state index contributed by atoms with van der Waals surface area (Å²) in [4.78, 5) is 50.6. The fourth-order valence-corrected chi connectivity index (χ4v) is 6.96. The number of rotatable bonds is 1. The summed E-state index contributed by atoms with van der Waals surface area (Å²) in [6.07, 6.45) is 2.21. The molecular weight excluding hydrogens is 443 g/mol. The number of hydrogen-bond acceptors (Lipinski definition) is 5. The molecule has 2 heterocycles. The van der Waals surface area contributed by atoms with Crippen LogP contribution in [-0.4, -0.2) is 62.4 Å². The summed E-state index contributed by atoms with van der Waals surface area (Å²) in [5.74, 6) is -4.18. The average molecular weight is 463 g/mol. The van der Waals surface area contributed by atoms with Crippen LogP contribution in [0, 0.1) is 17.8 Å². The number of benzene rings is 1. The maximum absolute atomic E-state index is 13.3. The van der Waals surface area contributed by atoms with Crippen molar-refractivity contribution < 1.29 is 24.3 Å². The lowest BCUT2D eigenvalue weighted by Crippen LogP contribution is -2.60. The van der Waals surface area contributed by atoms with Crippen molar-refractivity contribution in [1.29, 1.82) is 0 Å². The van der Waals surface area contributed by atoms with E-state index < -0.39 is 45.2 Å². The number of aromatic hydroxyl groups is 1. The molecule has 1 aromatic carbocycles. The summed E-state index contributed by atoms with van der Waals surface area (Å²) < 4.78 is 0. The maximum atomic E-state index is 13.3. The van der Waals surface area contributed by atoms with E-state index in [1.165, 1.54) is 26.2 Å². The number of carbonyl (C=O) groups is 4. The summed E-state index contributed by atoms with van der Waals surface area (Å²) in [5.41, 5.74) is 1.35. The third kappa shape index (κ3) is 2.31. The van der Waals surface area contributed by atoms with E-state index in [4.69, 9.17) is 23.2 Å². The number of alkyl halides is 2. The number of fused-ring (bicyclic) bond motifs is 4. The molecule has 0 spiro atoms. The van der Waals surface area contributed by atoms with Crippen LogP contribution in [0.1, 0.15) is 24.3 Å². The Morgan fingerprint density at radius 1 is 0.935 bits per heavy atom. The second-order valence-electron chi connectivity index (χ2n) is 8.83. The quantitative estimate of drug-likeness (QED) is 0.391. The van der Waals surface area contributed by atoms with Gasteiger partial charge in [0, 0.05) is 20.0 Å². The molecular formula is C22H20Cl2N2O5. The number of amides is 4. The minimum Gasteiger partial charge on any atom is -0.508 e. The van der Waals surface area contributed by atoms with Gasteiger partial charge in [0.15, 0.2) is 9.75 Å². The molecule has 31 heavy (non-hydrogen) atoms. The number of imide groups is 2. The maximum Gasteiger partial charge on any atom is 0.253 e. The molecule has 162 valence electrons. The molecule has 1 aromatic rings. The molecule has 3 fully saturated rings. The van der Waals surface area contributed by atoms with Gasteiger partial charge in [0.05, 0.1) is 11.8 Å². The highest BCUT2D eigenvalue weighted by Crippen LogP contribution is 2.65. The first-order valence-electron chi connectivity index (χ1n) is 10.0. The molecule has 6 atom stereocenters. The van der Waals surface area contributed by atoms with Gasteiger partial charge in [0.2, 0.25) is 11.8 Å². The first-order chi connectivity index (χ1) is 14.5. The fourth-order valence-electron chi connectivity index (χ4n) is 5.94. The smallest absolute Gasteiger partial charge is 0.253 e. The lowest BCUT2D eigenvalue weighted by atomic mass is 9.56. The Morgan fingerprint density at radius 3 is 2.23 bits per heavy atom. The standard InChI is InChI=1S/C22H20Cl2N2O5/c1-25-17(28)13-8-7-12-14(15(13)18(25)29)9-21(23)19(30)26(2)20(31)22(21,24)16(12)10-3-5-11(27)6-4-10/h3-7,13-16,27H,8-9H2,1-2H3. The molecule has 4 amide bonds. The first kappa shape index (κ1) is 20.5. The monoisotopic (exact) mass is 462 g/mol. The molecule has 2 aliphatic carbocycles. The molecule has 4 aliphatic rings. The highest BCUT2D eigenvalue weighted by atomic mass is 35.5. The van der Waals surface area contributed by atoms with Gasteiger partial charge in [-0.05, 0) is 36.5 Å². The van der Waals surface area contributed by atoms with E-state index in [2.05, 4.69) is 0 Å². The van der Waals surface area contributed by atoms with Crippen molar-refractivity contribution in [2.45, 2.75) is 28.5 Å². The zero-order valence-electron chi connectivity index (χ0n) is 16.8. The van der Waals surface area contributed by atoms with Crippen molar-refractivity contribution in [3.8, 4) is 5.75 Å². The van der Waals surface area contributed by atoms with Gasteiger partial charge in [-0.3, -0.25) is 29.0 Å². The van der Waals surface area contributed by atoms with E-state index in [1.54, 1.807) is 12.1 Å². The summed E-state index contributed by atoms with van der Waals surface area (Å²) in [7, 11) is 2.81. The molecule has 1 saturated carbocycles. The van der Waals surface area contributed by atoms with E-state index in [0.29, 0.717) is 12.0 Å². The number of allylic oxidation sites excluding steroid dienone is 2. The molecule has 0 radical (unpaired) electrons. The third-order valence-electron chi connectivity index (χ3n) is 7.46. The Bertz CT molecular complexity index is 1090. The van der Waals surface area contributed by atoms with Crippen LogP contribution >= 0.6 is 23.2 Å². The minimum atomic E-state index is -1.79. The van der Waals surface area contributed by atoms with Crippen molar-refractivity contribution in [2.24, 2.45) is 17.8 Å². The molecule has 9 heteroatoms. The van der Waals surface area contributed by atoms with Crippen molar-refractivity contribution in [3.05, 3.63) is 41.5 Å². The summed E-state index contributed by atoms with van der Waals surface area (Å²) in [6.45, 7) is 0. The predicted octanol–water partition coefficient (Wildman–Crippen LogP) is 2.01. The third-order valence-corrected chi connectivity index (χ3v) is 8.87. The van der Waals surface area contributed by atoms with E-state index >= 15 is 0 Å². The van der Waals surface area contributed by atoms with E-state index in [9.17, 15) is 24.3 Å². The van der Waals surface area contributed by atoms with Crippen molar-refractivity contribution >= 4 is 46.8 Å². The van der Waals surface area contributed by atoms with Gasteiger partial charge in [-0.25, -0.2) is 0 Å². The molecule has 2 saturated heterocycles. The zero-order valence-corrected chi connectivity index (χ0v) is 18.4. The SMILES string of the molecule is CN1C(=O)C2CC=C3C(CC4(Cl)C(=O)N(C)C(=O)C4(Cl)C3c3ccc(O)cc3)C2C1=O. The van der Waals surface area contributed by atoms with Crippen LogP contribution in [-0.2, 0) is 19.2 Å². The molecule has 0 bridgehead atoms. The summed E-state index contributed by atoms with van der Waals surface area (Å²) in [5, 5.41) is 9.75. The number of carbonyl (C=O) groups excluding carboxylic acids is 4. The Hall–Kier alpha value is -2.38. The Labute approximate surface area is 188 Å². The van der Waals surface area contributed by atoms with Crippen LogP contribution in [0.25, 0.3) is 0 Å². The van der Waals surface area contributed by atoms with Crippen molar-refractivity contribution in [2.75, 3.05) is 14.1 Å². The van der Waals surface area contributed by atoms with Crippen LogP contribution in [0.3, 0.4) is 0 Å². The van der Waals surface area contributed by atoms with Gasteiger partial charge >= 0.3 is 0 Å². The number of phenols is 1. The topological polar surface area (TPSA) is 95.0 Å². The fraction of sp³-hybridized carbons (Fsp3) is 0.455. The highest BCUT2D eigenvalue weighted by Gasteiger charge is 2.75. The van der Waals surface area contributed by atoms with Crippen molar-refractivity contribution in [3.63, 3.8) is 0 Å². The number of phenolic OH excluding ortho intramolecular Hbond substituents is 1. The molecule has 1 N–H and O–H groups in total. The van der Waals surface area contributed by atoms with E-state index in [-0.39, 0.29) is 24.0 Å². The number of hydrogen-bond donors (Lipinski definition) is 1. The van der Waals surface area contributed by atoms with E-state index in [1.807, 2.05) is 6.08 Å². The molecule has 5 rings (SSSR count). The van der Waals surface area contributed by atoms with Crippen molar-refractivity contribution in [1.82, 2.24) is 9.80 Å². The lowest BCUT2D eigenvalue weighted by Gasteiger charge is -2.50. The van der Waals surface area contributed by atoms with Crippen LogP contribution in [0.5, 0.6) is 5.75 Å². The second kappa shape index (κ2) is 6.33. The largest absolute Gasteiger partial charge is 0.508 e. The van der Waals surface area contributed by atoms with Gasteiger partial charge in [0.25, 0.3) is 11.8 Å². The van der Waals surface area contributed by atoms with Gasteiger partial charge in [-0.2, -0.15) is 0 Å². The van der Waals surface area contributed by atoms with Crippen LogP contribution in [0.4, 0.5) is 0 Å². The van der Waals surface area contributed by atoms with Gasteiger partial charge in [0.1, 0.15) is 5.75 Å². The molecule has 6 unspecified atom stereocenters. The zero-order chi connectivity index (χ0) is 22.5. The average Bonchev–Trinajstić information content (AvgIpc) is 3.04. The molecule has 2 aliphatic heterocycles. The van der Waals surface area contributed by atoms with E-state index in [0.717, 1.165) is 15.4 Å². The normalized spacial score (nSPS) is 39.4. The van der Waals surface area contributed by atoms with Gasteiger partial charge in [-0.15, -0.1) is 23.2 Å². The Morgan fingerprint density at radius 2 is 1.58 bits per heavy atom.